The van der Waals surface area contributed by atoms with Gasteiger partial charge in [0.1, 0.15) is 0 Å². The summed E-state index contributed by atoms with van der Waals surface area (Å²) in [5.41, 5.74) is 9.05. The summed E-state index contributed by atoms with van der Waals surface area (Å²) in [5.74, 6) is 0.873. The van der Waals surface area contributed by atoms with E-state index >= 15 is 0 Å². The highest BCUT2D eigenvalue weighted by atomic mass is 15.4. The lowest BCUT2D eigenvalue weighted by molar-refractivity contribution is 0.698. The molecule has 0 bridgehead atoms. The Bertz CT molecular complexity index is 760. The van der Waals surface area contributed by atoms with E-state index in [2.05, 4.69) is 22.0 Å². The number of nitrogens with zero attached hydrogens (tertiary/aromatic N) is 3. The maximum atomic E-state index is 5.93. The zero-order valence-corrected chi connectivity index (χ0v) is 12.1. The van der Waals surface area contributed by atoms with Crippen LogP contribution in [-0.2, 0) is 6.54 Å². The molecule has 2 aromatic carbocycles. The predicted molar refractivity (Wildman–Crippen MR) is 89.8 cm³/mol. The van der Waals surface area contributed by atoms with Gasteiger partial charge in [0.05, 0.1) is 6.54 Å². The highest BCUT2D eigenvalue weighted by molar-refractivity contribution is 5.53. The van der Waals surface area contributed by atoms with E-state index in [-0.39, 0.29) is 0 Å². The minimum Gasteiger partial charge on any atom is -0.368 e. The van der Waals surface area contributed by atoms with Crippen LogP contribution in [-0.4, -0.2) is 14.8 Å². The summed E-state index contributed by atoms with van der Waals surface area (Å²) in [6, 6.07) is 17.8. The van der Waals surface area contributed by atoms with Crippen molar-refractivity contribution in [2.24, 2.45) is 0 Å². The highest BCUT2D eigenvalue weighted by Gasteiger charge is 2.07. The number of para-hydroxylation sites is 1. The van der Waals surface area contributed by atoms with Gasteiger partial charge >= 0.3 is 0 Å². The lowest BCUT2D eigenvalue weighted by Crippen LogP contribution is -2.06. The molecule has 5 heteroatoms. The van der Waals surface area contributed by atoms with Gasteiger partial charge in [0.25, 0.3) is 0 Å². The Kier molecular flexibility index (Phi) is 3.87. The van der Waals surface area contributed by atoms with E-state index in [1.54, 1.807) is 4.68 Å². The van der Waals surface area contributed by atoms with Crippen molar-refractivity contribution in [2.45, 2.75) is 6.54 Å². The van der Waals surface area contributed by atoms with Crippen LogP contribution in [0, 0.1) is 0 Å². The van der Waals surface area contributed by atoms with Crippen molar-refractivity contribution in [3.63, 3.8) is 0 Å². The minimum atomic E-state index is 0.381. The molecule has 0 saturated heterocycles. The molecule has 5 nitrogen and oxygen atoms in total. The van der Waals surface area contributed by atoms with Crippen LogP contribution in [0.1, 0.15) is 11.1 Å². The van der Waals surface area contributed by atoms with Crippen molar-refractivity contribution in [1.29, 1.82) is 0 Å². The highest BCUT2D eigenvalue weighted by Crippen LogP contribution is 2.15. The van der Waals surface area contributed by atoms with Crippen LogP contribution >= 0.6 is 0 Å². The van der Waals surface area contributed by atoms with E-state index in [4.69, 9.17) is 5.73 Å². The number of nitrogen functional groups attached to an aromatic ring is 1. The van der Waals surface area contributed by atoms with Crippen LogP contribution in [0.4, 0.5) is 17.6 Å². The van der Waals surface area contributed by atoms with Gasteiger partial charge in [0, 0.05) is 5.69 Å². The van der Waals surface area contributed by atoms with Crippen LogP contribution in [0.3, 0.4) is 0 Å². The number of hydrogen-bond acceptors (Lipinski definition) is 4. The van der Waals surface area contributed by atoms with Crippen molar-refractivity contribution < 1.29 is 0 Å². The fourth-order valence-corrected chi connectivity index (χ4v) is 2.11. The summed E-state index contributed by atoms with van der Waals surface area (Å²) in [6.07, 6.45) is 1.81. The van der Waals surface area contributed by atoms with Crippen molar-refractivity contribution in [3.8, 4) is 0 Å². The van der Waals surface area contributed by atoms with Gasteiger partial charge in [-0.1, -0.05) is 55.1 Å². The molecule has 3 N–H and O–H groups in total. The van der Waals surface area contributed by atoms with Gasteiger partial charge in [-0.3, -0.25) is 0 Å². The Morgan fingerprint density at radius 2 is 1.82 bits per heavy atom. The maximum absolute atomic E-state index is 5.93. The number of nitrogens with one attached hydrogen (secondary N) is 1. The zero-order chi connectivity index (χ0) is 15.4. The zero-order valence-electron chi connectivity index (χ0n) is 12.1. The molecule has 0 radical (unpaired) electrons. The van der Waals surface area contributed by atoms with E-state index in [1.165, 1.54) is 0 Å². The fraction of sp³-hybridized carbons (Fsp3) is 0.0588. The third kappa shape index (κ3) is 3.15. The largest absolute Gasteiger partial charge is 0.368 e. The summed E-state index contributed by atoms with van der Waals surface area (Å²) in [6.45, 7) is 4.32. The average molecular weight is 291 g/mol. The number of benzene rings is 2. The monoisotopic (exact) mass is 291 g/mol. The molecule has 0 saturated carbocycles. The van der Waals surface area contributed by atoms with Gasteiger partial charge in [-0.25, -0.2) is 4.68 Å². The van der Waals surface area contributed by atoms with E-state index in [0.717, 1.165) is 16.8 Å². The van der Waals surface area contributed by atoms with E-state index in [1.807, 2.05) is 60.7 Å². The molecular weight excluding hydrogens is 274 g/mol. The van der Waals surface area contributed by atoms with Crippen LogP contribution in [0.25, 0.3) is 6.08 Å². The lowest BCUT2D eigenvalue weighted by Gasteiger charge is -2.03. The summed E-state index contributed by atoms with van der Waals surface area (Å²) < 4.78 is 1.67. The molecule has 1 aromatic heterocycles. The number of aromatic nitrogens is 3. The molecule has 0 fully saturated rings. The smallest absolute Gasteiger partial charge is 0.248 e. The van der Waals surface area contributed by atoms with Gasteiger partial charge in [-0.05, 0) is 23.3 Å². The first kappa shape index (κ1) is 13.9. The molecule has 22 heavy (non-hydrogen) atoms. The molecule has 0 spiro atoms. The van der Waals surface area contributed by atoms with Gasteiger partial charge in [0.2, 0.25) is 11.9 Å². The van der Waals surface area contributed by atoms with Crippen LogP contribution < -0.4 is 11.1 Å². The van der Waals surface area contributed by atoms with E-state index < -0.39 is 0 Å². The lowest BCUT2D eigenvalue weighted by atomic mass is 10.1. The van der Waals surface area contributed by atoms with Gasteiger partial charge in [-0.2, -0.15) is 4.98 Å². The predicted octanol–water partition coefficient (Wildman–Crippen LogP) is 3.30. The van der Waals surface area contributed by atoms with Gasteiger partial charge in [0.15, 0.2) is 0 Å². The van der Waals surface area contributed by atoms with Gasteiger partial charge < -0.3 is 11.1 Å². The second-order valence-electron chi connectivity index (χ2n) is 4.89. The molecule has 110 valence electrons. The maximum Gasteiger partial charge on any atom is 0.248 e. The average Bonchev–Trinajstić information content (AvgIpc) is 2.88. The first-order chi connectivity index (χ1) is 10.7. The molecule has 0 aliphatic rings. The topological polar surface area (TPSA) is 68.8 Å². The molecule has 0 amide bonds. The third-order valence-electron chi connectivity index (χ3n) is 3.28. The number of nitrogens with two attached hydrogens (primary N) is 1. The summed E-state index contributed by atoms with van der Waals surface area (Å²) in [5, 5.41) is 7.53. The Morgan fingerprint density at radius 1 is 1.09 bits per heavy atom. The SMILES string of the molecule is C=Cc1ccc(Cn2nc(Nc3ccccc3)nc2N)cc1. The molecule has 0 aliphatic heterocycles. The van der Waals surface area contributed by atoms with Crippen molar-refractivity contribution in [3.05, 3.63) is 72.3 Å². The van der Waals surface area contributed by atoms with Crippen molar-refractivity contribution >= 4 is 23.7 Å². The Labute approximate surface area is 129 Å². The van der Waals surface area contributed by atoms with Crippen molar-refractivity contribution in [2.75, 3.05) is 11.1 Å². The summed E-state index contributed by atoms with van der Waals surface area (Å²) in [7, 11) is 0. The van der Waals surface area contributed by atoms with E-state index in [0.29, 0.717) is 18.4 Å². The second-order valence-corrected chi connectivity index (χ2v) is 4.89. The standard InChI is InChI=1S/C17H17N5/c1-2-13-8-10-14(11-9-13)12-22-16(18)20-17(21-22)19-15-6-4-3-5-7-15/h2-11H,1,12H2,(H3,18,19,20,21). The Hall–Kier alpha value is -3.08. The molecule has 3 aromatic rings. The quantitative estimate of drug-likeness (QED) is 0.757. The molecular formula is C17H17N5. The minimum absolute atomic E-state index is 0.381. The number of hydrogen-bond donors (Lipinski definition) is 2. The normalized spacial score (nSPS) is 10.4. The van der Waals surface area contributed by atoms with Crippen LogP contribution in [0.2, 0.25) is 0 Å². The van der Waals surface area contributed by atoms with Crippen molar-refractivity contribution in [1.82, 2.24) is 14.8 Å². The molecule has 0 aliphatic carbocycles. The summed E-state index contributed by atoms with van der Waals surface area (Å²) in [4.78, 5) is 4.24. The Balaban J connectivity index is 1.75. The number of anilines is 3. The summed E-state index contributed by atoms with van der Waals surface area (Å²) >= 11 is 0. The fourth-order valence-electron chi connectivity index (χ4n) is 2.11. The molecule has 0 unspecified atom stereocenters. The van der Waals surface area contributed by atoms with Gasteiger partial charge in [-0.15, -0.1) is 5.10 Å². The third-order valence-corrected chi connectivity index (χ3v) is 3.28. The first-order valence-electron chi connectivity index (χ1n) is 6.98. The molecule has 0 atom stereocenters. The second kappa shape index (κ2) is 6.13. The van der Waals surface area contributed by atoms with Crippen LogP contribution in [0.5, 0.6) is 0 Å². The van der Waals surface area contributed by atoms with Crippen LogP contribution in [0.15, 0.2) is 61.2 Å². The van der Waals surface area contributed by atoms with E-state index in [9.17, 15) is 0 Å². The Morgan fingerprint density at radius 3 is 2.50 bits per heavy atom. The molecule has 3 rings (SSSR count). The first-order valence-corrected chi connectivity index (χ1v) is 6.98. The number of rotatable bonds is 5. The molecule has 1 heterocycles.